The van der Waals surface area contributed by atoms with Crippen LogP contribution in [-0.2, 0) is 0 Å². The minimum Gasteiger partial charge on any atom is -0.463 e. The van der Waals surface area contributed by atoms with Crippen molar-refractivity contribution in [3.63, 3.8) is 0 Å². The molecule has 19 heavy (non-hydrogen) atoms. The van der Waals surface area contributed by atoms with E-state index in [1.54, 1.807) is 10.8 Å². The lowest BCUT2D eigenvalue weighted by Gasteiger charge is -2.07. The largest absolute Gasteiger partial charge is 0.463 e. The molecule has 0 aliphatic heterocycles. The number of anilines is 1. The molecule has 0 aliphatic rings. The summed E-state index contributed by atoms with van der Waals surface area (Å²) in [4.78, 5) is 4.46. The molecule has 3 N–H and O–H groups in total. The van der Waals surface area contributed by atoms with Crippen LogP contribution < -0.4 is 11.1 Å². The highest BCUT2D eigenvalue weighted by Gasteiger charge is 2.10. The van der Waals surface area contributed by atoms with Gasteiger partial charge in [-0.05, 0) is 19.1 Å². The van der Waals surface area contributed by atoms with Gasteiger partial charge in [0.1, 0.15) is 11.5 Å². The lowest BCUT2D eigenvalue weighted by molar-refractivity contribution is 0.579. The van der Waals surface area contributed by atoms with E-state index in [1.165, 1.54) is 0 Å². The third kappa shape index (κ3) is 2.17. The molecule has 0 saturated carbocycles. The molecular weight excluding hydrogens is 242 g/mol. The molecule has 3 aromatic rings. The summed E-state index contributed by atoms with van der Waals surface area (Å²) in [5.74, 6) is 1.61. The number of aromatic nitrogens is 3. The van der Waals surface area contributed by atoms with E-state index >= 15 is 0 Å². The maximum Gasteiger partial charge on any atom is 0.158 e. The highest BCUT2D eigenvalue weighted by molar-refractivity contribution is 5.61. The summed E-state index contributed by atoms with van der Waals surface area (Å²) < 4.78 is 7.12. The number of aryl methyl sites for hydroxylation is 1. The minimum absolute atomic E-state index is 0.565. The van der Waals surface area contributed by atoms with Crippen LogP contribution >= 0.6 is 0 Å². The van der Waals surface area contributed by atoms with E-state index < -0.39 is 0 Å². The van der Waals surface area contributed by atoms with Crippen molar-refractivity contribution in [2.24, 2.45) is 5.73 Å². The Hall–Kier alpha value is -2.34. The molecule has 0 unspecified atom stereocenters. The fourth-order valence-electron chi connectivity index (χ4n) is 1.97. The molecule has 3 heterocycles. The smallest absolute Gasteiger partial charge is 0.158 e. The van der Waals surface area contributed by atoms with Crippen molar-refractivity contribution in [1.82, 2.24) is 14.6 Å². The highest BCUT2D eigenvalue weighted by atomic mass is 16.3. The zero-order valence-corrected chi connectivity index (χ0v) is 10.6. The standard InChI is InChI=1S/C13H15N5O/c1-9-7-12(15-5-4-14)18-13(16-9)8-10(17-18)11-3-2-6-19-11/h2-3,6-8,15H,4-5,14H2,1H3. The van der Waals surface area contributed by atoms with Crippen molar-refractivity contribution >= 4 is 11.5 Å². The first-order valence-electron chi connectivity index (χ1n) is 6.13. The SMILES string of the molecule is Cc1cc(NCCN)n2nc(-c3ccco3)cc2n1. The molecule has 0 aromatic carbocycles. The molecule has 0 fully saturated rings. The molecule has 0 amide bonds. The van der Waals surface area contributed by atoms with Crippen LogP contribution in [0.25, 0.3) is 17.1 Å². The second kappa shape index (κ2) is 4.74. The van der Waals surface area contributed by atoms with Gasteiger partial charge in [-0.1, -0.05) is 0 Å². The van der Waals surface area contributed by atoms with E-state index in [-0.39, 0.29) is 0 Å². The molecule has 0 atom stereocenters. The Morgan fingerprint density at radius 1 is 1.42 bits per heavy atom. The monoisotopic (exact) mass is 257 g/mol. The van der Waals surface area contributed by atoms with Crippen molar-refractivity contribution in [3.05, 3.63) is 36.2 Å². The van der Waals surface area contributed by atoms with E-state index in [0.29, 0.717) is 13.1 Å². The van der Waals surface area contributed by atoms with Crippen LogP contribution in [-0.4, -0.2) is 27.7 Å². The average Bonchev–Trinajstić information content (AvgIpc) is 3.03. The Kier molecular flexibility index (Phi) is 2.92. The van der Waals surface area contributed by atoms with E-state index in [9.17, 15) is 0 Å². The van der Waals surface area contributed by atoms with E-state index in [0.717, 1.165) is 28.6 Å². The number of furan rings is 1. The molecule has 3 aromatic heterocycles. The fraction of sp³-hybridized carbons (Fsp3) is 0.231. The first kappa shape index (κ1) is 11.7. The van der Waals surface area contributed by atoms with Crippen molar-refractivity contribution in [2.75, 3.05) is 18.4 Å². The normalized spacial score (nSPS) is 11.1. The van der Waals surface area contributed by atoms with Crippen molar-refractivity contribution < 1.29 is 4.42 Å². The maximum atomic E-state index is 5.52. The van der Waals surface area contributed by atoms with Crippen molar-refractivity contribution in [3.8, 4) is 11.5 Å². The van der Waals surface area contributed by atoms with Crippen molar-refractivity contribution in [1.29, 1.82) is 0 Å². The molecule has 3 rings (SSSR count). The van der Waals surface area contributed by atoms with E-state index in [2.05, 4.69) is 15.4 Å². The van der Waals surface area contributed by atoms with Crippen LogP contribution in [0.15, 0.2) is 34.9 Å². The zero-order chi connectivity index (χ0) is 13.2. The minimum atomic E-state index is 0.565. The van der Waals surface area contributed by atoms with Crippen LogP contribution in [0.2, 0.25) is 0 Å². The summed E-state index contributed by atoms with van der Waals surface area (Å²) in [6.07, 6.45) is 1.63. The Morgan fingerprint density at radius 3 is 3.05 bits per heavy atom. The molecule has 0 saturated heterocycles. The number of hydrogen-bond acceptors (Lipinski definition) is 5. The summed E-state index contributed by atoms with van der Waals surface area (Å²) in [6.45, 7) is 3.21. The molecular formula is C13H15N5O. The van der Waals surface area contributed by atoms with Gasteiger partial charge in [0.25, 0.3) is 0 Å². The van der Waals surface area contributed by atoms with Gasteiger partial charge in [-0.3, -0.25) is 0 Å². The van der Waals surface area contributed by atoms with Crippen molar-refractivity contribution in [2.45, 2.75) is 6.92 Å². The third-order valence-corrected chi connectivity index (χ3v) is 2.78. The molecule has 0 bridgehead atoms. The van der Waals surface area contributed by atoms with Crippen LogP contribution in [0.3, 0.4) is 0 Å². The molecule has 98 valence electrons. The maximum absolute atomic E-state index is 5.52. The topological polar surface area (TPSA) is 81.4 Å². The predicted molar refractivity (Wildman–Crippen MR) is 73.0 cm³/mol. The third-order valence-electron chi connectivity index (χ3n) is 2.78. The summed E-state index contributed by atoms with van der Waals surface area (Å²) in [7, 11) is 0. The summed E-state index contributed by atoms with van der Waals surface area (Å²) >= 11 is 0. The van der Waals surface area contributed by atoms with E-state index in [1.807, 2.05) is 31.2 Å². The van der Waals surface area contributed by atoms with Gasteiger partial charge in [-0.15, -0.1) is 0 Å². The number of rotatable bonds is 4. The van der Waals surface area contributed by atoms with Gasteiger partial charge < -0.3 is 15.5 Å². The summed E-state index contributed by atoms with van der Waals surface area (Å²) in [5.41, 5.74) is 7.99. The summed E-state index contributed by atoms with van der Waals surface area (Å²) in [5, 5.41) is 7.75. The average molecular weight is 257 g/mol. The van der Waals surface area contributed by atoms with Gasteiger partial charge in [0.05, 0.1) is 6.26 Å². The van der Waals surface area contributed by atoms with Crippen LogP contribution in [0.1, 0.15) is 5.69 Å². The molecule has 0 aliphatic carbocycles. The number of fused-ring (bicyclic) bond motifs is 1. The molecule has 6 nitrogen and oxygen atoms in total. The van der Waals surface area contributed by atoms with Crippen LogP contribution in [0.5, 0.6) is 0 Å². The molecule has 6 heteroatoms. The number of nitrogens with two attached hydrogens (primary N) is 1. The first-order chi connectivity index (χ1) is 9.28. The van der Waals surface area contributed by atoms with Crippen LogP contribution in [0.4, 0.5) is 5.82 Å². The molecule has 0 spiro atoms. The lowest BCUT2D eigenvalue weighted by atomic mass is 10.3. The Morgan fingerprint density at radius 2 is 2.32 bits per heavy atom. The first-order valence-corrected chi connectivity index (χ1v) is 6.13. The number of nitrogens with zero attached hydrogens (tertiary/aromatic N) is 3. The fourth-order valence-corrected chi connectivity index (χ4v) is 1.97. The number of nitrogens with one attached hydrogen (secondary N) is 1. The summed E-state index contributed by atoms with van der Waals surface area (Å²) in [6, 6.07) is 7.56. The Labute approximate surface area is 110 Å². The van der Waals surface area contributed by atoms with Gasteiger partial charge in [0.15, 0.2) is 11.4 Å². The van der Waals surface area contributed by atoms with Gasteiger partial charge in [0.2, 0.25) is 0 Å². The Bertz CT molecular complexity index is 686. The van der Waals surface area contributed by atoms with Gasteiger partial charge in [-0.2, -0.15) is 9.61 Å². The second-order valence-corrected chi connectivity index (χ2v) is 4.28. The van der Waals surface area contributed by atoms with Gasteiger partial charge >= 0.3 is 0 Å². The zero-order valence-electron chi connectivity index (χ0n) is 10.6. The lowest BCUT2D eigenvalue weighted by Crippen LogP contribution is -2.15. The van der Waals surface area contributed by atoms with Crippen LogP contribution in [0, 0.1) is 6.92 Å². The highest BCUT2D eigenvalue weighted by Crippen LogP contribution is 2.21. The molecule has 0 radical (unpaired) electrons. The Balaban J connectivity index is 2.10. The number of hydrogen-bond donors (Lipinski definition) is 2. The van der Waals surface area contributed by atoms with E-state index in [4.69, 9.17) is 10.2 Å². The quantitative estimate of drug-likeness (QED) is 0.743. The predicted octanol–water partition coefficient (Wildman–Crippen LogP) is 1.67. The second-order valence-electron chi connectivity index (χ2n) is 4.28. The van der Waals surface area contributed by atoms with Gasteiger partial charge in [-0.25, -0.2) is 4.98 Å². The van der Waals surface area contributed by atoms with Gasteiger partial charge in [0, 0.05) is 30.9 Å².